The van der Waals surface area contributed by atoms with Gasteiger partial charge < -0.3 is 10.1 Å². The lowest BCUT2D eigenvalue weighted by Gasteiger charge is -2.23. The van der Waals surface area contributed by atoms with Gasteiger partial charge in [-0.25, -0.2) is 13.2 Å². The van der Waals surface area contributed by atoms with Gasteiger partial charge in [-0.3, -0.25) is 4.79 Å². The highest BCUT2D eigenvalue weighted by Gasteiger charge is 2.40. The van der Waals surface area contributed by atoms with E-state index in [1.54, 1.807) is 13.8 Å². The van der Waals surface area contributed by atoms with Crippen LogP contribution in [0.3, 0.4) is 0 Å². The van der Waals surface area contributed by atoms with E-state index in [-0.39, 0.29) is 22.9 Å². The Morgan fingerprint density at radius 2 is 2.06 bits per heavy atom. The molecular formula is C20H20ClN3O5S3. The minimum Gasteiger partial charge on any atom is -0.462 e. The zero-order valence-corrected chi connectivity index (χ0v) is 20.5. The Bertz CT molecular complexity index is 1170. The van der Waals surface area contributed by atoms with Gasteiger partial charge in [0.2, 0.25) is 15.9 Å². The largest absolute Gasteiger partial charge is 0.462 e. The first-order valence-corrected chi connectivity index (χ1v) is 13.1. The molecular weight excluding hydrogens is 494 g/mol. The number of carbonyl (C=O) groups excluding carboxylic acids is 2. The molecule has 1 aliphatic rings. The van der Waals surface area contributed by atoms with Gasteiger partial charge in [0, 0.05) is 11.6 Å². The monoisotopic (exact) mass is 513 g/mol. The molecule has 32 heavy (non-hydrogen) atoms. The highest BCUT2D eigenvalue weighted by molar-refractivity contribution is 8.04. The maximum absolute atomic E-state index is 13.1. The molecule has 12 heteroatoms. The first kappa shape index (κ1) is 24.5. The van der Waals surface area contributed by atoms with Gasteiger partial charge in [-0.2, -0.15) is 9.57 Å². The molecule has 0 aliphatic carbocycles. The van der Waals surface area contributed by atoms with Crippen LogP contribution in [0.1, 0.15) is 35.0 Å². The molecule has 1 unspecified atom stereocenters. The lowest BCUT2D eigenvalue weighted by Crippen LogP contribution is -2.43. The number of carbonyl (C=O) groups is 2. The molecule has 0 radical (unpaired) electrons. The molecule has 1 atom stereocenters. The van der Waals surface area contributed by atoms with E-state index in [1.807, 2.05) is 5.40 Å². The summed E-state index contributed by atoms with van der Waals surface area (Å²) < 4.78 is 32.4. The second-order valence-electron chi connectivity index (χ2n) is 6.85. The number of esters is 1. The van der Waals surface area contributed by atoms with Crippen molar-refractivity contribution in [3.63, 3.8) is 0 Å². The fourth-order valence-corrected chi connectivity index (χ4v) is 6.95. The molecule has 170 valence electrons. The Morgan fingerprint density at radius 3 is 2.69 bits per heavy atom. The lowest BCUT2D eigenvalue weighted by molar-refractivity contribution is -0.119. The van der Waals surface area contributed by atoms with E-state index in [0.29, 0.717) is 33.3 Å². The number of nitrogens with one attached hydrogen (secondary N) is 1. The predicted octanol–water partition coefficient (Wildman–Crippen LogP) is 4.25. The maximum atomic E-state index is 13.1. The fourth-order valence-electron chi connectivity index (χ4n) is 3.37. The third-order valence-electron chi connectivity index (χ3n) is 4.86. The van der Waals surface area contributed by atoms with E-state index in [1.165, 1.54) is 28.6 Å². The van der Waals surface area contributed by atoms with E-state index in [9.17, 15) is 18.0 Å². The van der Waals surface area contributed by atoms with Crippen molar-refractivity contribution >= 4 is 61.6 Å². The highest BCUT2D eigenvalue weighted by atomic mass is 35.5. The minimum atomic E-state index is -3.90. The number of hydrogen-bond donors (Lipinski definition) is 1. The van der Waals surface area contributed by atoms with Crippen LogP contribution in [-0.4, -0.2) is 43.8 Å². The first-order valence-electron chi connectivity index (χ1n) is 9.65. The molecule has 0 spiro atoms. The molecule has 1 amide bonds. The first-order chi connectivity index (χ1) is 15.2. The van der Waals surface area contributed by atoms with Crippen molar-refractivity contribution in [3.8, 4) is 5.40 Å². The Hall–Kier alpha value is -2.10. The fraction of sp³-hybridized carbons (Fsp3) is 0.350. The normalized spacial score (nSPS) is 16.5. The number of rotatable bonds is 7. The number of nitrogens with zero attached hydrogens (tertiary/aromatic N) is 2. The molecule has 2 heterocycles. The predicted molar refractivity (Wildman–Crippen MR) is 123 cm³/mol. The van der Waals surface area contributed by atoms with Gasteiger partial charge in [0.1, 0.15) is 21.3 Å². The van der Waals surface area contributed by atoms with Crippen LogP contribution in [0.4, 0.5) is 5.00 Å². The topological polar surface area (TPSA) is 117 Å². The zero-order chi connectivity index (χ0) is 23.5. The number of sulfonamides is 1. The number of nitriles is 1. The molecule has 1 aromatic heterocycles. The van der Waals surface area contributed by atoms with Gasteiger partial charge in [0.25, 0.3) is 0 Å². The smallest absolute Gasteiger partial charge is 0.348 e. The minimum absolute atomic E-state index is 0.0545. The van der Waals surface area contributed by atoms with Crippen molar-refractivity contribution in [2.24, 2.45) is 0 Å². The van der Waals surface area contributed by atoms with Crippen LogP contribution in [0.5, 0.6) is 0 Å². The van der Waals surface area contributed by atoms with Crippen molar-refractivity contribution in [2.75, 3.05) is 18.5 Å². The summed E-state index contributed by atoms with van der Waals surface area (Å²) in [4.78, 5) is 26.1. The summed E-state index contributed by atoms with van der Waals surface area (Å²) in [6.45, 7) is 3.76. The van der Waals surface area contributed by atoms with E-state index >= 15 is 0 Å². The number of anilines is 1. The quantitative estimate of drug-likeness (QED) is 0.334. The molecule has 8 nitrogen and oxygen atoms in total. The molecule has 3 rings (SSSR count). The number of thiophene rings is 1. The van der Waals surface area contributed by atoms with Gasteiger partial charge >= 0.3 is 5.97 Å². The molecule has 1 N–H and O–H groups in total. The summed E-state index contributed by atoms with van der Waals surface area (Å²) in [6, 6.07) is 4.86. The number of hydrogen-bond acceptors (Lipinski definition) is 8. The van der Waals surface area contributed by atoms with E-state index in [0.717, 1.165) is 23.1 Å². The molecule has 1 aliphatic heterocycles. The third-order valence-corrected chi connectivity index (χ3v) is 9.16. The lowest BCUT2D eigenvalue weighted by atomic mass is 10.2. The molecule has 0 bridgehead atoms. The van der Waals surface area contributed by atoms with Gasteiger partial charge in [0.05, 0.1) is 16.4 Å². The van der Waals surface area contributed by atoms with Crippen LogP contribution in [-0.2, 0) is 19.6 Å². The van der Waals surface area contributed by atoms with Gasteiger partial charge in [-0.15, -0.1) is 11.3 Å². The molecule has 2 aromatic rings. The summed E-state index contributed by atoms with van der Waals surface area (Å²) in [6.07, 6.45) is 0.886. The van der Waals surface area contributed by atoms with Crippen LogP contribution in [0, 0.1) is 17.6 Å². The van der Waals surface area contributed by atoms with Crippen LogP contribution >= 0.6 is 34.7 Å². The van der Waals surface area contributed by atoms with Crippen molar-refractivity contribution in [1.29, 1.82) is 5.26 Å². The van der Waals surface area contributed by atoms with Crippen molar-refractivity contribution in [1.82, 2.24) is 4.31 Å². The number of halogens is 1. The Balaban J connectivity index is 1.88. The molecule has 1 aromatic carbocycles. The van der Waals surface area contributed by atoms with E-state index in [2.05, 4.69) is 5.32 Å². The van der Waals surface area contributed by atoms with Crippen molar-refractivity contribution in [2.45, 2.75) is 42.5 Å². The number of benzene rings is 1. The SMILES string of the molecule is CCOC(=O)c1sc(NC(=O)C2CCCN2S(=O)(=O)c2ccc(Cl)cc2)c(SC#N)c1C. The Morgan fingerprint density at radius 1 is 1.38 bits per heavy atom. The van der Waals surface area contributed by atoms with Crippen LogP contribution in [0.25, 0.3) is 0 Å². The van der Waals surface area contributed by atoms with Crippen molar-refractivity contribution < 1.29 is 22.7 Å². The molecule has 1 saturated heterocycles. The van der Waals surface area contributed by atoms with Crippen LogP contribution in [0.15, 0.2) is 34.1 Å². The summed E-state index contributed by atoms with van der Waals surface area (Å²) in [5, 5.41) is 14.6. The maximum Gasteiger partial charge on any atom is 0.348 e. The third kappa shape index (κ3) is 4.94. The van der Waals surface area contributed by atoms with E-state index in [4.69, 9.17) is 21.6 Å². The second-order valence-corrected chi connectivity index (χ2v) is 11.0. The van der Waals surface area contributed by atoms with Crippen LogP contribution < -0.4 is 5.32 Å². The zero-order valence-electron chi connectivity index (χ0n) is 17.3. The number of ether oxygens (including phenoxy) is 1. The number of amides is 1. The van der Waals surface area contributed by atoms with Crippen LogP contribution in [0.2, 0.25) is 5.02 Å². The standard InChI is InChI=1S/C20H20ClN3O5S3/c1-3-29-20(26)17-12(2)16(30-11-22)19(31-17)23-18(25)15-5-4-10-24(15)32(27,28)14-8-6-13(21)7-9-14/h6-9,15H,3-5,10H2,1-2H3,(H,23,25). The highest BCUT2D eigenvalue weighted by Crippen LogP contribution is 2.40. The average molecular weight is 514 g/mol. The Kier molecular flexibility index (Phi) is 7.84. The Labute approximate surface area is 199 Å². The van der Waals surface area contributed by atoms with E-state index < -0.39 is 27.9 Å². The number of thioether (sulfide) groups is 1. The second kappa shape index (κ2) is 10.2. The van der Waals surface area contributed by atoms with Crippen molar-refractivity contribution in [3.05, 3.63) is 39.7 Å². The number of thiocyanates is 1. The van der Waals surface area contributed by atoms with Gasteiger partial charge in [0.15, 0.2) is 0 Å². The summed E-state index contributed by atoms with van der Waals surface area (Å²) in [5.74, 6) is -1.06. The van der Waals surface area contributed by atoms with Gasteiger partial charge in [-0.05, 0) is 68.3 Å². The average Bonchev–Trinajstić information content (AvgIpc) is 3.36. The molecule has 0 saturated carbocycles. The molecule has 1 fully saturated rings. The summed E-state index contributed by atoms with van der Waals surface area (Å²) in [7, 11) is -3.90. The summed E-state index contributed by atoms with van der Waals surface area (Å²) >= 11 is 7.69. The summed E-state index contributed by atoms with van der Waals surface area (Å²) in [5.41, 5.74) is 0.535. The van der Waals surface area contributed by atoms with Gasteiger partial charge in [-0.1, -0.05) is 11.6 Å².